The Hall–Kier alpha value is -6.12. The summed E-state index contributed by atoms with van der Waals surface area (Å²) in [5.41, 5.74) is 9.31. The molecule has 0 unspecified atom stereocenters. The van der Waals surface area contributed by atoms with Gasteiger partial charge in [-0.25, -0.2) is 0 Å². The number of rotatable bonds is 5. The second-order valence-corrected chi connectivity index (χ2v) is 11.8. The number of anilines is 3. The highest BCUT2D eigenvalue weighted by Gasteiger charge is 2.19. The average molecular weight is 587 g/mol. The molecule has 0 atom stereocenters. The first-order valence-corrected chi connectivity index (χ1v) is 15.8. The van der Waals surface area contributed by atoms with E-state index in [9.17, 15) is 0 Å². The fourth-order valence-electron chi connectivity index (χ4n) is 6.97. The van der Waals surface area contributed by atoms with Crippen LogP contribution in [0.1, 0.15) is 0 Å². The van der Waals surface area contributed by atoms with E-state index < -0.39 is 0 Å². The number of nitrogens with zero attached hydrogens (tertiary/aromatic N) is 2. The first-order chi connectivity index (χ1) is 22.8. The van der Waals surface area contributed by atoms with Crippen molar-refractivity contribution in [3.63, 3.8) is 0 Å². The van der Waals surface area contributed by atoms with Crippen molar-refractivity contribution in [1.82, 2.24) is 4.57 Å². The minimum absolute atomic E-state index is 1.11. The van der Waals surface area contributed by atoms with E-state index in [1.54, 1.807) is 0 Å². The van der Waals surface area contributed by atoms with E-state index in [4.69, 9.17) is 0 Å². The number of para-hydroxylation sites is 2. The van der Waals surface area contributed by atoms with Crippen molar-refractivity contribution in [3.05, 3.63) is 182 Å². The maximum atomic E-state index is 2.44. The predicted molar refractivity (Wildman–Crippen MR) is 196 cm³/mol. The monoisotopic (exact) mass is 586 g/mol. The van der Waals surface area contributed by atoms with Gasteiger partial charge >= 0.3 is 0 Å². The van der Waals surface area contributed by atoms with Crippen molar-refractivity contribution in [3.8, 4) is 16.8 Å². The van der Waals surface area contributed by atoms with Gasteiger partial charge in [0, 0.05) is 38.9 Å². The second kappa shape index (κ2) is 10.8. The predicted octanol–water partition coefficient (Wildman–Crippen LogP) is 12.2. The van der Waals surface area contributed by atoms with Gasteiger partial charge in [0.2, 0.25) is 0 Å². The first kappa shape index (κ1) is 26.3. The molecular formula is C44H30N2. The molecule has 1 aromatic heterocycles. The van der Waals surface area contributed by atoms with E-state index in [1.807, 2.05) is 0 Å². The summed E-state index contributed by atoms with van der Waals surface area (Å²) in [6.45, 7) is 0. The van der Waals surface area contributed by atoms with Crippen molar-refractivity contribution in [2.75, 3.05) is 4.90 Å². The van der Waals surface area contributed by atoms with E-state index in [0.717, 1.165) is 22.7 Å². The molecular weight excluding hydrogens is 556 g/mol. The number of benzene rings is 8. The largest absolute Gasteiger partial charge is 0.310 e. The van der Waals surface area contributed by atoms with E-state index in [1.165, 1.54) is 54.5 Å². The molecule has 0 spiro atoms. The highest BCUT2D eigenvalue weighted by atomic mass is 15.1. The zero-order chi connectivity index (χ0) is 30.5. The summed E-state index contributed by atoms with van der Waals surface area (Å²) in [5, 5.41) is 7.50. The van der Waals surface area contributed by atoms with Crippen LogP contribution in [0, 0.1) is 0 Å². The molecule has 0 saturated heterocycles. The Morgan fingerprint density at radius 2 is 0.978 bits per heavy atom. The lowest BCUT2D eigenvalue weighted by Gasteiger charge is -2.26. The highest BCUT2D eigenvalue weighted by Crippen LogP contribution is 2.42. The molecule has 9 rings (SSSR count). The summed E-state index contributed by atoms with van der Waals surface area (Å²) in [5.74, 6) is 0. The fourth-order valence-corrected chi connectivity index (χ4v) is 6.97. The van der Waals surface area contributed by atoms with Gasteiger partial charge in [0.05, 0.1) is 11.0 Å². The fraction of sp³-hybridized carbons (Fsp3) is 0. The van der Waals surface area contributed by atoms with Crippen LogP contribution in [0.4, 0.5) is 17.1 Å². The third-order valence-corrected chi connectivity index (χ3v) is 9.11. The first-order valence-electron chi connectivity index (χ1n) is 15.8. The molecule has 0 amide bonds. The molecule has 46 heavy (non-hydrogen) atoms. The molecule has 0 radical (unpaired) electrons. The van der Waals surface area contributed by atoms with Gasteiger partial charge in [-0.15, -0.1) is 0 Å². The van der Waals surface area contributed by atoms with Gasteiger partial charge in [-0.3, -0.25) is 0 Å². The third kappa shape index (κ3) is 4.35. The molecule has 8 aromatic carbocycles. The van der Waals surface area contributed by atoms with Gasteiger partial charge < -0.3 is 9.47 Å². The van der Waals surface area contributed by atoms with Crippen molar-refractivity contribution in [2.45, 2.75) is 0 Å². The van der Waals surface area contributed by atoms with Gasteiger partial charge in [0.25, 0.3) is 0 Å². The average Bonchev–Trinajstić information content (AvgIpc) is 3.47. The van der Waals surface area contributed by atoms with Crippen LogP contribution in [-0.4, -0.2) is 4.57 Å². The number of hydrogen-bond acceptors (Lipinski definition) is 1. The summed E-state index contributed by atoms with van der Waals surface area (Å²) in [4.78, 5) is 2.37. The van der Waals surface area contributed by atoms with Gasteiger partial charge in [-0.2, -0.15) is 0 Å². The zero-order valence-electron chi connectivity index (χ0n) is 25.2. The molecule has 0 aliphatic carbocycles. The molecule has 0 saturated carbocycles. The van der Waals surface area contributed by atoms with Crippen LogP contribution >= 0.6 is 0 Å². The molecule has 0 aliphatic heterocycles. The maximum Gasteiger partial charge on any atom is 0.0619 e. The molecule has 0 N–H and O–H groups in total. The van der Waals surface area contributed by atoms with Crippen LogP contribution in [0.5, 0.6) is 0 Å². The van der Waals surface area contributed by atoms with Crippen LogP contribution in [0.25, 0.3) is 60.2 Å². The standard InChI is InChI=1S/C44H30N2/c1-3-16-36(17-4-1)45(38-20-11-15-34(29-38)35-23-22-31-12-7-8-14-33(31)28-35)39-25-27-41-42-26-24-32-13-9-10-21-40(32)44(42)46(43(41)30-39)37-18-5-2-6-19-37/h1-30H. The Kier molecular flexibility index (Phi) is 6.17. The van der Waals surface area contributed by atoms with E-state index in [-0.39, 0.29) is 0 Å². The van der Waals surface area contributed by atoms with Crippen LogP contribution in [-0.2, 0) is 0 Å². The number of aromatic nitrogens is 1. The van der Waals surface area contributed by atoms with Crippen LogP contribution in [0.2, 0.25) is 0 Å². The van der Waals surface area contributed by atoms with Gasteiger partial charge in [-0.1, -0.05) is 127 Å². The highest BCUT2D eigenvalue weighted by molar-refractivity contribution is 6.19. The summed E-state index contributed by atoms with van der Waals surface area (Å²) in [6.07, 6.45) is 0. The van der Waals surface area contributed by atoms with Crippen LogP contribution < -0.4 is 4.90 Å². The second-order valence-electron chi connectivity index (χ2n) is 11.8. The lowest BCUT2D eigenvalue weighted by atomic mass is 10.0. The topological polar surface area (TPSA) is 8.17 Å². The Labute approximate surface area is 268 Å². The van der Waals surface area contributed by atoms with Crippen molar-refractivity contribution >= 4 is 60.4 Å². The molecule has 0 bridgehead atoms. The van der Waals surface area contributed by atoms with Gasteiger partial charge in [0.15, 0.2) is 0 Å². The lowest BCUT2D eigenvalue weighted by Crippen LogP contribution is -2.10. The summed E-state index contributed by atoms with van der Waals surface area (Å²) in [6, 6.07) is 65.7. The molecule has 1 heterocycles. The quantitative estimate of drug-likeness (QED) is 0.195. The Morgan fingerprint density at radius 1 is 0.348 bits per heavy atom. The van der Waals surface area contributed by atoms with Crippen LogP contribution in [0.15, 0.2) is 182 Å². The number of hydrogen-bond donors (Lipinski definition) is 0. The minimum atomic E-state index is 1.11. The van der Waals surface area contributed by atoms with Gasteiger partial charge in [-0.05, 0) is 81.9 Å². The van der Waals surface area contributed by atoms with Crippen molar-refractivity contribution in [2.24, 2.45) is 0 Å². The van der Waals surface area contributed by atoms with Crippen LogP contribution in [0.3, 0.4) is 0 Å². The molecule has 9 aromatic rings. The summed E-state index contributed by atoms with van der Waals surface area (Å²) >= 11 is 0. The van der Waals surface area contributed by atoms with Crippen molar-refractivity contribution in [1.29, 1.82) is 0 Å². The Balaban J connectivity index is 1.28. The smallest absolute Gasteiger partial charge is 0.0619 e. The Morgan fingerprint density at radius 3 is 1.83 bits per heavy atom. The Bertz CT molecular complexity index is 2530. The molecule has 0 fully saturated rings. The zero-order valence-corrected chi connectivity index (χ0v) is 25.2. The normalized spacial score (nSPS) is 11.5. The lowest BCUT2D eigenvalue weighted by molar-refractivity contribution is 1.18. The van der Waals surface area contributed by atoms with Crippen molar-refractivity contribution < 1.29 is 0 Å². The third-order valence-electron chi connectivity index (χ3n) is 9.11. The SMILES string of the molecule is c1ccc(N(c2cccc(-c3ccc4ccccc4c3)c2)c2ccc3c4ccc5ccccc5c4n(-c4ccccc4)c3c2)cc1. The summed E-state index contributed by atoms with van der Waals surface area (Å²) < 4.78 is 2.44. The molecule has 2 heteroatoms. The van der Waals surface area contributed by atoms with E-state index in [0.29, 0.717) is 0 Å². The molecule has 216 valence electrons. The molecule has 0 aliphatic rings. The van der Waals surface area contributed by atoms with Gasteiger partial charge in [0.1, 0.15) is 0 Å². The van der Waals surface area contributed by atoms with E-state index >= 15 is 0 Å². The molecule has 2 nitrogen and oxygen atoms in total. The van der Waals surface area contributed by atoms with E-state index in [2.05, 4.69) is 191 Å². The number of fused-ring (bicyclic) bond motifs is 6. The maximum absolute atomic E-state index is 2.44. The minimum Gasteiger partial charge on any atom is -0.310 e. The summed E-state index contributed by atoms with van der Waals surface area (Å²) in [7, 11) is 0.